The van der Waals surface area contributed by atoms with E-state index in [0.717, 1.165) is 27.8 Å². The highest BCUT2D eigenvalue weighted by atomic mass is 19.1. The van der Waals surface area contributed by atoms with Crippen LogP contribution in [-0.2, 0) is 16.0 Å². The molecule has 0 bridgehead atoms. The van der Waals surface area contributed by atoms with Crippen molar-refractivity contribution in [2.24, 2.45) is 0 Å². The monoisotopic (exact) mass is 390 g/mol. The summed E-state index contributed by atoms with van der Waals surface area (Å²) in [6.07, 6.45) is 3.53. The first-order chi connectivity index (χ1) is 14.1. The zero-order chi connectivity index (χ0) is 20.6. The fourth-order valence-electron chi connectivity index (χ4n) is 3.02. The van der Waals surface area contributed by atoms with Gasteiger partial charge in [-0.1, -0.05) is 54.6 Å². The van der Waals surface area contributed by atoms with Crippen molar-refractivity contribution in [1.82, 2.24) is 0 Å². The predicted octanol–water partition coefficient (Wildman–Crippen LogP) is 5.85. The van der Waals surface area contributed by atoms with Crippen molar-refractivity contribution in [3.8, 4) is 0 Å². The van der Waals surface area contributed by atoms with Crippen LogP contribution in [0.3, 0.4) is 0 Å². The van der Waals surface area contributed by atoms with Crippen LogP contribution in [-0.4, -0.2) is 13.1 Å². The van der Waals surface area contributed by atoms with Gasteiger partial charge in [0.15, 0.2) is 0 Å². The molecule has 0 radical (unpaired) electrons. The molecule has 3 rings (SSSR count). The van der Waals surface area contributed by atoms with Gasteiger partial charge in [0.25, 0.3) is 0 Å². The van der Waals surface area contributed by atoms with Crippen molar-refractivity contribution in [3.05, 3.63) is 119 Å². The lowest BCUT2D eigenvalue weighted by atomic mass is 9.89. The second kappa shape index (κ2) is 9.60. The molecule has 0 fully saturated rings. The second-order valence-corrected chi connectivity index (χ2v) is 6.42. The Morgan fingerprint density at radius 1 is 0.793 bits per heavy atom. The summed E-state index contributed by atoms with van der Waals surface area (Å²) < 4.78 is 31.7. The minimum Gasteiger partial charge on any atom is -0.466 e. The largest absolute Gasteiger partial charge is 0.466 e. The standard InChI is InChI=1S/C25H20F2O2/c1-29-25(28)16-15-23(19-7-11-21(26)12-8-19)24(17-18-5-3-2-4-6-18)20-9-13-22(27)14-10-20/h2-16H,17H2,1H3/b16-15+,24-23-. The summed E-state index contributed by atoms with van der Waals surface area (Å²) in [6, 6.07) is 22.0. The smallest absolute Gasteiger partial charge is 0.330 e. The third-order valence-electron chi connectivity index (χ3n) is 4.48. The van der Waals surface area contributed by atoms with Gasteiger partial charge in [-0.25, -0.2) is 13.6 Å². The maximum atomic E-state index is 13.5. The predicted molar refractivity (Wildman–Crippen MR) is 111 cm³/mol. The van der Waals surface area contributed by atoms with Crippen LogP contribution in [0, 0.1) is 11.6 Å². The van der Waals surface area contributed by atoms with Crippen LogP contribution in [0.4, 0.5) is 8.78 Å². The molecule has 4 heteroatoms. The number of esters is 1. The normalized spacial score (nSPS) is 12.0. The summed E-state index contributed by atoms with van der Waals surface area (Å²) in [7, 11) is 1.30. The minimum atomic E-state index is -0.497. The second-order valence-electron chi connectivity index (χ2n) is 6.42. The Morgan fingerprint density at radius 2 is 1.34 bits per heavy atom. The third kappa shape index (κ3) is 5.48. The molecule has 29 heavy (non-hydrogen) atoms. The molecule has 2 nitrogen and oxygen atoms in total. The molecule has 0 aromatic heterocycles. The van der Waals surface area contributed by atoms with Crippen LogP contribution in [0.15, 0.2) is 91.0 Å². The van der Waals surface area contributed by atoms with Crippen LogP contribution in [0.2, 0.25) is 0 Å². The van der Waals surface area contributed by atoms with Crippen molar-refractivity contribution in [2.75, 3.05) is 7.11 Å². The molecule has 0 aliphatic heterocycles. The van der Waals surface area contributed by atoms with Gasteiger partial charge < -0.3 is 4.74 Å². The summed E-state index contributed by atoms with van der Waals surface area (Å²) in [5.74, 6) is -1.18. The Bertz CT molecular complexity index is 1020. The van der Waals surface area contributed by atoms with Gasteiger partial charge in [0.05, 0.1) is 7.11 Å². The van der Waals surface area contributed by atoms with Crippen molar-refractivity contribution in [3.63, 3.8) is 0 Å². The highest BCUT2D eigenvalue weighted by Gasteiger charge is 2.12. The van der Waals surface area contributed by atoms with Crippen LogP contribution in [0.25, 0.3) is 11.1 Å². The summed E-state index contributed by atoms with van der Waals surface area (Å²) in [5.41, 5.74) is 4.21. The molecular formula is C25H20F2O2. The van der Waals surface area contributed by atoms with Crippen molar-refractivity contribution in [1.29, 1.82) is 0 Å². The van der Waals surface area contributed by atoms with Crippen molar-refractivity contribution >= 4 is 17.1 Å². The highest BCUT2D eigenvalue weighted by molar-refractivity contribution is 5.98. The van der Waals surface area contributed by atoms with Gasteiger partial charge in [0.2, 0.25) is 0 Å². The summed E-state index contributed by atoms with van der Waals surface area (Å²) in [4.78, 5) is 11.7. The molecule has 0 atom stereocenters. The zero-order valence-corrected chi connectivity index (χ0v) is 15.9. The number of hydrogen-bond donors (Lipinski definition) is 0. The molecule has 0 unspecified atom stereocenters. The Hall–Kier alpha value is -3.53. The molecule has 0 heterocycles. The van der Waals surface area contributed by atoms with Crippen LogP contribution >= 0.6 is 0 Å². The fourth-order valence-corrected chi connectivity index (χ4v) is 3.02. The van der Waals surface area contributed by atoms with E-state index in [-0.39, 0.29) is 11.6 Å². The van der Waals surface area contributed by atoms with Gasteiger partial charge in [0.1, 0.15) is 11.6 Å². The fraction of sp³-hybridized carbons (Fsp3) is 0.0800. The quantitative estimate of drug-likeness (QED) is 0.228. The molecule has 0 spiro atoms. The number of rotatable bonds is 6. The Kier molecular flexibility index (Phi) is 6.69. The van der Waals surface area contributed by atoms with E-state index >= 15 is 0 Å². The molecule has 0 aliphatic carbocycles. The van der Waals surface area contributed by atoms with Crippen molar-refractivity contribution < 1.29 is 18.3 Å². The first kappa shape index (κ1) is 20.2. The van der Waals surface area contributed by atoms with Gasteiger partial charge in [-0.2, -0.15) is 0 Å². The zero-order valence-electron chi connectivity index (χ0n) is 15.9. The maximum Gasteiger partial charge on any atom is 0.330 e. The number of hydrogen-bond acceptors (Lipinski definition) is 2. The van der Waals surface area contributed by atoms with Crippen LogP contribution in [0.1, 0.15) is 16.7 Å². The third-order valence-corrected chi connectivity index (χ3v) is 4.48. The number of benzene rings is 3. The van der Waals surface area contributed by atoms with Gasteiger partial charge in [0, 0.05) is 6.08 Å². The SMILES string of the molecule is COC(=O)/C=C/C(=C(\Cc1ccccc1)c1ccc(F)cc1)c1ccc(F)cc1. The molecule has 0 saturated heterocycles. The lowest BCUT2D eigenvalue weighted by molar-refractivity contribution is -0.134. The first-order valence-corrected chi connectivity index (χ1v) is 9.12. The molecular weight excluding hydrogens is 370 g/mol. The van der Waals surface area contributed by atoms with E-state index < -0.39 is 5.97 Å². The summed E-state index contributed by atoms with van der Waals surface area (Å²) >= 11 is 0. The average molecular weight is 390 g/mol. The van der Waals surface area contributed by atoms with E-state index in [0.29, 0.717) is 6.42 Å². The Balaban J connectivity index is 2.21. The number of ether oxygens (including phenoxy) is 1. The highest BCUT2D eigenvalue weighted by Crippen LogP contribution is 2.31. The number of carbonyl (C=O) groups is 1. The molecule has 0 amide bonds. The van der Waals surface area contributed by atoms with Gasteiger partial charge in [-0.15, -0.1) is 0 Å². The molecule has 0 saturated carbocycles. The number of halogens is 2. The van der Waals surface area contributed by atoms with Crippen LogP contribution in [0.5, 0.6) is 0 Å². The minimum absolute atomic E-state index is 0.332. The summed E-state index contributed by atoms with van der Waals surface area (Å²) in [6.45, 7) is 0. The molecule has 0 aliphatic rings. The Morgan fingerprint density at radius 3 is 1.90 bits per heavy atom. The van der Waals surface area contributed by atoms with Crippen LogP contribution < -0.4 is 0 Å². The lowest BCUT2D eigenvalue weighted by Gasteiger charge is -2.15. The van der Waals surface area contributed by atoms with E-state index in [1.165, 1.54) is 37.5 Å². The first-order valence-electron chi connectivity index (χ1n) is 9.12. The van der Waals surface area contributed by atoms with E-state index in [4.69, 9.17) is 4.74 Å². The van der Waals surface area contributed by atoms with Crippen molar-refractivity contribution in [2.45, 2.75) is 6.42 Å². The van der Waals surface area contributed by atoms with Gasteiger partial charge in [-0.3, -0.25) is 0 Å². The van der Waals surface area contributed by atoms with E-state index in [1.54, 1.807) is 30.3 Å². The molecule has 0 N–H and O–H groups in total. The maximum absolute atomic E-state index is 13.5. The number of allylic oxidation sites excluding steroid dienone is 3. The van der Waals surface area contributed by atoms with E-state index in [1.807, 2.05) is 30.3 Å². The number of carbonyl (C=O) groups excluding carboxylic acids is 1. The van der Waals surface area contributed by atoms with Gasteiger partial charge in [-0.05, 0) is 64.6 Å². The number of methoxy groups -OCH3 is 1. The lowest BCUT2D eigenvalue weighted by Crippen LogP contribution is -1.98. The van der Waals surface area contributed by atoms with Gasteiger partial charge >= 0.3 is 5.97 Å². The molecule has 3 aromatic carbocycles. The summed E-state index contributed by atoms with van der Waals surface area (Å²) in [5, 5.41) is 0. The van der Waals surface area contributed by atoms with E-state index in [9.17, 15) is 13.6 Å². The average Bonchev–Trinajstić information content (AvgIpc) is 2.75. The van der Waals surface area contributed by atoms with E-state index in [2.05, 4.69) is 0 Å². The molecule has 3 aromatic rings. The topological polar surface area (TPSA) is 26.3 Å². The Labute approximate surface area is 168 Å². The molecule has 146 valence electrons.